The van der Waals surface area contributed by atoms with Crippen LogP contribution in [0.1, 0.15) is 15.9 Å². The van der Waals surface area contributed by atoms with Crippen molar-refractivity contribution in [2.24, 2.45) is 5.10 Å². The Balaban J connectivity index is 1.97. The fourth-order valence-corrected chi connectivity index (χ4v) is 2.12. The van der Waals surface area contributed by atoms with Crippen LogP contribution in [0.15, 0.2) is 58.1 Å². The van der Waals surface area contributed by atoms with Gasteiger partial charge in [-0.2, -0.15) is 5.10 Å². The SMILES string of the molecule is CN(C)c1ccc(/C=N/NC(=O)c2cccc(Br)c2)cc1. The summed E-state index contributed by atoms with van der Waals surface area (Å²) in [5.41, 5.74) is 5.11. The lowest BCUT2D eigenvalue weighted by Crippen LogP contribution is -2.17. The maximum atomic E-state index is 11.9. The van der Waals surface area contributed by atoms with E-state index in [0.29, 0.717) is 5.56 Å². The molecule has 0 saturated carbocycles. The second-order valence-electron chi connectivity index (χ2n) is 4.70. The summed E-state index contributed by atoms with van der Waals surface area (Å²) in [6.07, 6.45) is 1.62. The zero-order chi connectivity index (χ0) is 15.2. The Morgan fingerprint density at radius 3 is 2.52 bits per heavy atom. The number of nitrogens with one attached hydrogen (secondary N) is 1. The Morgan fingerprint density at radius 1 is 1.19 bits per heavy atom. The van der Waals surface area contributed by atoms with Crippen LogP contribution in [0, 0.1) is 0 Å². The van der Waals surface area contributed by atoms with Crippen molar-refractivity contribution in [1.82, 2.24) is 5.43 Å². The Kier molecular flexibility index (Phi) is 5.11. The molecular formula is C16H16BrN3O. The number of hydrazone groups is 1. The van der Waals surface area contributed by atoms with Gasteiger partial charge in [-0.1, -0.05) is 34.1 Å². The first-order valence-electron chi connectivity index (χ1n) is 6.42. The molecule has 2 rings (SSSR count). The number of rotatable bonds is 4. The highest BCUT2D eigenvalue weighted by Gasteiger charge is 2.03. The predicted octanol–water partition coefficient (Wildman–Crippen LogP) is 3.28. The van der Waals surface area contributed by atoms with Crippen LogP contribution in [0.5, 0.6) is 0 Å². The minimum Gasteiger partial charge on any atom is -0.378 e. The van der Waals surface area contributed by atoms with Crippen LogP contribution in [0.4, 0.5) is 5.69 Å². The smallest absolute Gasteiger partial charge is 0.271 e. The molecule has 0 aliphatic carbocycles. The summed E-state index contributed by atoms with van der Waals surface area (Å²) in [6, 6.07) is 15.1. The summed E-state index contributed by atoms with van der Waals surface area (Å²) < 4.78 is 0.860. The quantitative estimate of drug-likeness (QED) is 0.682. The lowest BCUT2D eigenvalue weighted by molar-refractivity contribution is 0.0955. The van der Waals surface area contributed by atoms with Crippen molar-refractivity contribution >= 4 is 33.7 Å². The Bertz CT molecular complexity index is 651. The van der Waals surface area contributed by atoms with Gasteiger partial charge in [0.15, 0.2) is 0 Å². The number of carbonyl (C=O) groups is 1. The summed E-state index contributed by atoms with van der Waals surface area (Å²) in [5, 5.41) is 3.97. The van der Waals surface area contributed by atoms with E-state index >= 15 is 0 Å². The molecule has 21 heavy (non-hydrogen) atoms. The number of halogens is 1. The summed E-state index contributed by atoms with van der Waals surface area (Å²) >= 11 is 3.33. The van der Waals surface area contributed by atoms with E-state index in [1.165, 1.54) is 0 Å². The highest BCUT2D eigenvalue weighted by molar-refractivity contribution is 9.10. The molecule has 1 N–H and O–H groups in total. The molecular weight excluding hydrogens is 330 g/mol. The van der Waals surface area contributed by atoms with Crippen molar-refractivity contribution in [1.29, 1.82) is 0 Å². The van der Waals surface area contributed by atoms with E-state index in [0.717, 1.165) is 15.7 Å². The van der Waals surface area contributed by atoms with E-state index in [-0.39, 0.29) is 5.91 Å². The molecule has 0 radical (unpaired) electrons. The van der Waals surface area contributed by atoms with Crippen LogP contribution in [0.25, 0.3) is 0 Å². The fraction of sp³-hybridized carbons (Fsp3) is 0.125. The van der Waals surface area contributed by atoms with Gasteiger partial charge in [0.2, 0.25) is 0 Å². The number of anilines is 1. The van der Waals surface area contributed by atoms with Gasteiger partial charge in [0.05, 0.1) is 6.21 Å². The second kappa shape index (κ2) is 7.04. The number of nitrogens with zero attached hydrogens (tertiary/aromatic N) is 2. The fourth-order valence-electron chi connectivity index (χ4n) is 1.72. The summed E-state index contributed by atoms with van der Waals surface area (Å²) in [5.74, 6) is -0.238. The number of amides is 1. The van der Waals surface area contributed by atoms with Crippen molar-refractivity contribution < 1.29 is 4.79 Å². The van der Waals surface area contributed by atoms with E-state index in [1.54, 1.807) is 18.3 Å². The Labute approximate surface area is 132 Å². The van der Waals surface area contributed by atoms with Crippen molar-refractivity contribution in [3.8, 4) is 0 Å². The summed E-state index contributed by atoms with van der Waals surface area (Å²) in [7, 11) is 3.97. The average Bonchev–Trinajstić information content (AvgIpc) is 2.47. The standard InChI is InChI=1S/C16H16BrN3O/c1-20(2)15-8-6-12(7-9-15)11-18-19-16(21)13-4-3-5-14(17)10-13/h3-11H,1-2H3,(H,19,21)/b18-11+. The van der Waals surface area contributed by atoms with Gasteiger partial charge < -0.3 is 4.90 Å². The monoisotopic (exact) mass is 345 g/mol. The predicted molar refractivity (Wildman–Crippen MR) is 90.0 cm³/mol. The maximum Gasteiger partial charge on any atom is 0.271 e. The molecule has 0 spiro atoms. The zero-order valence-electron chi connectivity index (χ0n) is 11.9. The lowest BCUT2D eigenvalue weighted by atomic mass is 10.2. The van der Waals surface area contributed by atoms with Crippen molar-refractivity contribution in [3.05, 3.63) is 64.1 Å². The van der Waals surface area contributed by atoms with E-state index in [4.69, 9.17) is 0 Å². The number of hydrogen-bond donors (Lipinski definition) is 1. The van der Waals surface area contributed by atoms with E-state index in [9.17, 15) is 4.79 Å². The normalized spacial score (nSPS) is 10.6. The minimum absolute atomic E-state index is 0.238. The molecule has 2 aromatic carbocycles. The highest BCUT2D eigenvalue weighted by Crippen LogP contribution is 2.12. The molecule has 108 valence electrons. The van der Waals surface area contributed by atoms with Crippen LogP contribution in [-0.4, -0.2) is 26.2 Å². The average molecular weight is 346 g/mol. The van der Waals surface area contributed by atoms with Crippen molar-refractivity contribution in [2.75, 3.05) is 19.0 Å². The van der Waals surface area contributed by atoms with Crippen molar-refractivity contribution in [2.45, 2.75) is 0 Å². The largest absolute Gasteiger partial charge is 0.378 e. The topological polar surface area (TPSA) is 44.7 Å². The third-order valence-corrected chi connectivity index (χ3v) is 3.37. The Hall–Kier alpha value is -2.14. The van der Waals surface area contributed by atoms with Gasteiger partial charge in [-0.3, -0.25) is 4.79 Å². The zero-order valence-corrected chi connectivity index (χ0v) is 13.5. The second-order valence-corrected chi connectivity index (χ2v) is 5.61. The van der Waals surface area contributed by atoms with Crippen molar-refractivity contribution in [3.63, 3.8) is 0 Å². The molecule has 5 heteroatoms. The number of carbonyl (C=O) groups excluding carboxylic acids is 1. The molecule has 1 amide bonds. The van der Waals surface area contributed by atoms with Crippen LogP contribution in [-0.2, 0) is 0 Å². The van der Waals surface area contributed by atoms with Crippen LogP contribution >= 0.6 is 15.9 Å². The van der Waals surface area contributed by atoms with E-state index in [1.807, 2.05) is 55.4 Å². The van der Waals surface area contributed by atoms with E-state index < -0.39 is 0 Å². The molecule has 0 atom stereocenters. The molecule has 0 aliphatic rings. The molecule has 0 saturated heterocycles. The molecule has 0 bridgehead atoms. The van der Waals surface area contributed by atoms with Gasteiger partial charge in [0.25, 0.3) is 5.91 Å². The van der Waals surface area contributed by atoms with Gasteiger partial charge in [-0.25, -0.2) is 5.43 Å². The molecule has 0 unspecified atom stereocenters. The van der Waals surface area contributed by atoms with Crippen LogP contribution in [0.3, 0.4) is 0 Å². The minimum atomic E-state index is -0.238. The number of hydrogen-bond acceptors (Lipinski definition) is 3. The highest BCUT2D eigenvalue weighted by atomic mass is 79.9. The Morgan fingerprint density at radius 2 is 1.90 bits per heavy atom. The lowest BCUT2D eigenvalue weighted by Gasteiger charge is -2.11. The maximum absolute atomic E-state index is 11.9. The third kappa shape index (κ3) is 4.43. The molecule has 0 aromatic heterocycles. The molecule has 0 heterocycles. The summed E-state index contributed by atoms with van der Waals surface area (Å²) in [4.78, 5) is 13.9. The first-order chi connectivity index (χ1) is 10.1. The first kappa shape index (κ1) is 15.3. The van der Waals surface area contributed by atoms with E-state index in [2.05, 4.69) is 26.5 Å². The molecule has 0 aliphatic heterocycles. The van der Waals surface area contributed by atoms with Crippen LogP contribution in [0.2, 0.25) is 0 Å². The first-order valence-corrected chi connectivity index (χ1v) is 7.22. The van der Waals surface area contributed by atoms with Gasteiger partial charge in [0, 0.05) is 29.8 Å². The van der Waals surface area contributed by atoms with Gasteiger partial charge in [-0.15, -0.1) is 0 Å². The molecule has 2 aromatic rings. The molecule has 4 nitrogen and oxygen atoms in total. The van der Waals surface area contributed by atoms with Gasteiger partial charge in [0.1, 0.15) is 0 Å². The van der Waals surface area contributed by atoms with Crippen LogP contribution < -0.4 is 10.3 Å². The third-order valence-electron chi connectivity index (χ3n) is 2.88. The molecule has 0 fully saturated rings. The summed E-state index contributed by atoms with van der Waals surface area (Å²) in [6.45, 7) is 0. The number of benzene rings is 2. The van der Waals surface area contributed by atoms with Gasteiger partial charge >= 0.3 is 0 Å². The van der Waals surface area contributed by atoms with Gasteiger partial charge in [-0.05, 0) is 35.9 Å².